The zero-order valence-electron chi connectivity index (χ0n) is 10.6. The molecular weight excluding hydrogens is 184 g/mol. The van der Waals surface area contributed by atoms with Crippen LogP contribution in [0.4, 0.5) is 0 Å². The van der Waals surface area contributed by atoms with Crippen molar-refractivity contribution in [3.05, 3.63) is 0 Å². The fraction of sp³-hybridized carbons (Fsp3) is 1.00. The summed E-state index contributed by atoms with van der Waals surface area (Å²) >= 11 is 0. The first-order chi connectivity index (χ1) is 7.28. The van der Waals surface area contributed by atoms with E-state index in [1.54, 1.807) is 0 Å². The van der Waals surface area contributed by atoms with E-state index in [9.17, 15) is 0 Å². The maximum atomic E-state index is 3.79. The molecule has 15 heavy (non-hydrogen) atoms. The number of likely N-dealkylation sites (tertiary alicyclic amines) is 1. The van der Waals surface area contributed by atoms with Crippen molar-refractivity contribution in [2.45, 2.75) is 45.6 Å². The Labute approximate surface area is 94.4 Å². The van der Waals surface area contributed by atoms with Crippen LogP contribution in [0.15, 0.2) is 0 Å². The molecule has 1 N–H and O–H groups in total. The van der Waals surface area contributed by atoms with Crippen molar-refractivity contribution in [3.8, 4) is 0 Å². The first-order valence-corrected chi connectivity index (χ1v) is 6.70. The average molecular weight is 210 g/mol. The summed E-state index contributed by atoms with van der Waals surface area (Å²) < 4.78 is 0. The molecule has 0 radical (unpaired) electrons. The van der Waals surface area contributed by atoms with E-state index in [-0.39, 0.29) is 0 Å². The lowest BCUT2D eigenvalue weighted by Crippen LogP contribution is -2.38. The fourth-order valence-corrected chi connectivity index (χ4v) is 2.80. The molecule has 2 nitrogen and oxygen atoms in total. The van der Waals surface area contributed by atoms with E-state index in [2.05, 4.69) is 17.3 Å². The number of likely N-dealkylation sites (N-methyl/N-ethyl adjacent to an activating group) is 1. The van der Waals surface area contributed by atoms with E-state index in [1.165, 1.54) is 45.3 Å². The molecule has 1 saturated heterocycles. The highest BCUT2D eigenvalue weighted by atomic mass is 15.2. The van der Waals surface area contributed by atoms with E-state index in [1.807, 2.05) is 13.8 Å². The molecule has 1 spiro atoms. The molecule has 2 aliphatic carbocycles. The van der Waals surface area contributed by atoms with E-state index >= 15 is 0 Å². The van der Waals surface area contributed by atoms with Gasteiger partial charge in [0.25, 0.3) is 0 Å². The van der Waals surface area contributed by atoms with Gasteiger partial charge in [0.2, 0.25) is 0 Å². The molecule has 0 aromatic heterocycles. The van der Waals surface area contributed by atoms with Crippen molar-refractivity contribution >= 4 is 0 Å². The van der Waals surface area contributed by atoms with Crippen LogP contribution in [-0.4, -0.2) is 37.6 Å². The monoisotopic (exact) mass is 210 g/mol. The van der Waals surface area contributed by atoms with Gasteiger partial charge in [-0.2, -0.15) is 0 Å². The first-order valence-electron chi connectivity index (χ1n) is 6.70. The molecule has 3 aliphatic rings. The Morgan fingerprint density at radius 2 is 1.93 bits per heavy atom. The van der Waals surface area contributed by atoms with E-state index in [0.717, 1.165) is 12.0 Å². The number of nitrogens with zero attached hydrogens (tertiary/aromatic N) is 1. The van der Waals surface area contributed by atoms with Gasteiger partial charge in [0.05, 0.1) is 0 Å². The summed E-state index contributed by atoms with van der Waals surface area (Å²) in [5.41, 5.74) is 0.712. The van der Waals surface area contributed by atoms with Gasteiger partial charge in [-0.1, -0.05) is 13.8 Å². The van der Waals surface area contributed by atoms with E-state index in [4.69, 9.17) is 0 Å². The number of hydrogen-bond acceptors (Lipinski definition) is 2. The zero-order valence-corrected chi connectivity index (χ0v) is 10.6. The van der Waals surface area contributed by atoms with Gasteiger partial charge in [0, 0.05) is 19.1 Å². The highest BCUT2D eigenvalue weighted by Crippen LogP contribution is 2.52. The summed E-state index contributed by atoms with van der Waals surface area (Å²) in [7, 11) is 2.26. The van der Waals surface area contributed by atoms with E-state index in [0.29, 0.717) is 5.41 Å². The molecule has 0 aromatic carbocycles. The number of nitrogens with one attached hydrogen (secondary N) is 1. The Bertz CT molecular complexity index is 207. The highest BCUT2D eigenvalue weighted by molar-refractivity contribution is 5.09. The molecule has 0 amide bonds. The molecule has 1 heterocycles. The van der Waals surface area contributed by atoms with Crippen LogP contribution >= 0.6 is 0 Å². The maximum Gasteiger partial charge on any atom is 0.0263 e. The number of hydrogen-bond donors (Lipinski definition) is 1. The van der Waals surface area contributed by atoms with Gasteiger partial charge in [-0.3, -0.25) is 0 Å². The average Bonchev–Trinajstić information content (AvgIpc) is 3.10. The van der Waals surface area contributed by atoms with Gasteiger partial charge in [-0.05, 0) is 50.6 Å². The quantitative estimate of drug-likeness (QED) is 0.767. The standard InChI is InChI=1S/C11H20N2.C2H6/c1-13-7-10(11(8-13)4-5-11)12-6-9-2-3-9;1-2/h9-10,12H,2-8H2,1H3;1-2H3. The Morgan fingerprint density at radius 3 is 2.47 bits per heavy atom. The van der Waals surface area contributed by atoms with Crippen molar-refractivity contribution in [2.24, 2.45) is 11.3 Å². The Balaban J connectivity index is 0.000000404. The van der Waals surface area contributed by atoms with Crippen LogP contribution in [-0.2, 0) is 0 Å². The Hall–Kier alpha value is -0.0800. The minimum atomic E-state index is 0.712. The third kappa shape index (κ3) is 2.54. The second kappa shape index (κ2) is 4.42. The zero-order chi connectivity index (χ0) is 10.9. The summed E-state index contributed by atoms with van der Waals surface area (Å²) in [5, 5.41) is 3.79. The molecule has 1 atom stereocenters. The Morgan fingerprint density at radius 1 is 1.27 bits per heavy atom. The summed E-state index contributed by atoms with van der Waals surface area (Å²) in [4.78, 5) is 2.50. The third-order valence-electron chi connectivity index (χ3n) is 4.06. The molecular formula is C13H26N2. The molecule has 1 aliphatic heterocycles. The lowest BCUT2D eigenvalue weighted by atomic mass is 10.0. The molecule has 88 valence electrons. The minimum absolute atomic E-state index is 0.712. The van der Waals surface area contributed by atoms with Crippen LogP contribution in [0.1, 0.15) is 39.5 Å². The first kappa shape index (κ1) is 11.4. The number of rotatable bonds is 3. The minimum Gasteiger partial charge on any atom is -0.312 e. The summed E-state index contributed by atoms with van der Waals surface area (Å²) in [6, 6.07) is 0.818. The summed E-state index contributed by atoms with van der Waals surface area (Å²) in [6.07, 6.45) is 5.89. The highest BCUT2D eigenvalue weighted by Gasteiger charge is 2.53. The molecule has 3 rings (SSSR count). The Kier molecular flexibility index (Phi) is 3.36. The topological polar surface area (TPSA) is 15.3 Å². The normalized spacial score (nSPS) is 32.6. The van der Waals surface area contributed by atoms with Gasteiger partial charge >= 0.3 is 0 Å². The van der Waals surface area contributed by atoms with Crippen molar-refractivity contribution in [1.29, 1.82) is 0 Å². The molecule has 2 saturated carbocycles. The van der Waals surface area contributed by atoms with Crippen LogP contribution in [0.2, 0.25) is 0 Å². The van der Waals surface area contributed by atoms with Gasteiger partial charge in [-0.25, -0.2) is 0 Å². The molecule has 3 fully saturated rings. The molecule has 0 bridgehead atoms. The van der Waals surface area contributed by atoms with Gasteiger partial charge in [0.1, 0.15) is 0 Å². The van der Waals surface area contributed by atoms with Crippen LogP contribution in [0.3, 0.4) is 0 Å². The molecule has 2 heteroatoms. The lowest BCUT2D eigenvalue weighted by molar-refractivity contribution is 0.388. The molecule has 0 aromatic rings. The van der Waals surface area contributed by atoms with Crippen molar-refractivity contribution < 1.29 is 0 Å². The second-order valence-electron chi connectivity index (χ2n) is 5.46. The second-order valence-corrected chi connectivity index (χ2v) is 5.46. The predicted octanol–water partition coefficient (Wildman–Crippen LogP) is 2.11. The van der Waals surface area contributed by atoms with Crippen LogP contribution in [0, 0.1) is 11.3 Å². The van der Waals surface area contributed by atoms with Crippen molar-refractivity contribution in [3.63, 3.8) is 0 Å². The SMILES string of the molecule is CC.CN1CC(NCC2CC2)C2(CC2)C1. The smallest absolute Gasteiger partial charge is 0.0263 e. The van der Waals surface area contributed by atoms with Crippen LogP contribution in [0.5, 0.6) is 0 Å². The molecule has 1 unspecified atom stereocenters. The van der Waals surface area contributed by atoms with Crippen LogP contribution < -0.4 is 5.32 Å². The summed E-state index contributed by atoms with van der Waals surface area (Å²) in [6.45, 7) is 7.92. The van der Waals surface area contributed by atoms with Crippen molar-refractivity contribution in [2.75, 3.05) is 26.7 Å². The van der Waals surface area contributed by atoms with Gasteiger partial charge < -0.3 is 10.2 Å². The van der Waals surface area contributed by atoms with Gasteiger partial charge in [0.15, 0.2) is 0 Å². The maximum absolute atomic E-state index is 3.79. The lowest BCUT2D eigenvalue weighted by Gasteiger charge is -2.18. The van der Waals surface area contributed by atoms with Gasteiger partial charge in [-0.15, -0.1) is 0 Å². The van der Waals surface area contributed by atoms with Crippen molar-refractivity contribution in [1.82, 2.24) is 10.2 Å². The fourth-order valence-electron chi connectivity index (χ4n) is 2.80. The largest absolute Gasteiger partial charge is 0.312 e. The predicted molar refractivity (Wildman–Crippen MR) is 65.0 cm³/mol. The van der Waals surface area contributed by atoms with Crippen LogP contribution in [0.25, 0.3) is 0 Å². The third-order valence-corrected chi connectivity index (χ3v) is 4.06. The van der Waals surface area contributed by atoms with E-state index < -0.39 is 0 Å². The summed E-state index contributed by atoms with van der Waals surface area (Å²) in [5.74, 6) is 1.03.